The van der Waals surface area contributed by atoms with Crippen LogP contribution in [0.2, 0.25) is 0 Å². The van der Waals surface area contributed by atoms with Gasteiger partial charge in [0.1, 0.15) is 11.3 Å². The topological polar surface area (TPSA) is 86.6 Å². The van der Waals surface area contributed by atoms with E-state index in [1.807, 2.05) is 30.3 Å². The van der Waals surface area contributed by atoms with Gasteiger partial charge in [0.05, 0.1) is 27.5 Å². The van der Waals surface area contributed by atoms with Gasteiger partial charge in [0.2, 0.25) is 11.5 Å². The number of hydrogen-bond acceptors (Lipinski definition) is 6. The highest BCUT2D eigenvalue weighted by atomic mass is 16.5. The summed E-state index contributed by atoms with van der Waals surface area (Å²) in [5.74, 6) is 2.02. The summed E-state index contributed by atoms with van der Waals surface area (Å²) in [7, 11) is 4.51. The van der Waals surface area contributed by atoms with Crippen LogP contribution in [0.4, 0.5) is 0 Å². The number of ketones is 1. The molecule has 4 aromatic rings. The molecule has 0 atom stereocenters. The second-order valence-corrected chi connectivity index (χ2v) is 6.04. The molecule has 2 heterocycles. The standard InChI is InChI=1S/C21H18N2O5/c1-25-16-9-13(10-17(26-2)20(16)27-3)19(24)14-11-22-21(23-14)18-8-12-6-4-5-7-15(12)28-18/h4-11H,1-3H3,(H,22,23). The molecule has 0 aliphatic carbocycles. The van der Waals surface area contributed by atoms with Gasteiger partial charge in [-0.25, -0.2) is 4.98 Å². The molecular weight excluding hydrogens is 360 g/mol. The van der Waals surface area contributed by atoms with Gasteiger partial charge in [0, 0.05) is 10.9 Å². The number of furan rings is 1. The molecule has 7 nitrogen and oxygen atoms in total. The van der Waals surface area contributed by atoms with Crippen molar-refractivity contribution < 1.29 is 23.4 Å². The second-order valence-electron chi connectivity index (χ2n) is 6.04. The molecule has 142 valence electrons. The lowest BCUT2D eigenvalue weighted by atomic mass is 10.1. The molecule has 0 aliphatic heterocycles. The maximum Gasteiger partial charge on any atom is 0.211 e. The fourth-order valence-corrected chi connectivity index (χ4v) is 3.03. The fourth-order valence-electron chi connectivity index (χ4n) is 3.03. The van der Waals surface area contributed by atoms with Crippen molar-refractivity contribution in [3.05, 3.63) is 59.9 Å². The highest BCUT2D eigenvalue weighted by Gasteiger charge is 2.20. The first-order valence-electron chi connectivity index (χ1n) is 8.53. The monoisotopic (exact) mass is 378 g/mol. The number of fused-ring (bicyclic) bond motifs is 1. The van der Waals surface area contributed by atoms with Crippen LogP contribution in [0.5, 0.6) is 17.2 Å². The number of methoxy groups -OCH3 is 3. The lowest BCUT2D eigenvalue weighted by Gasteiger charge is -2.13. The molecule has 7 heteroatoms. The number of hydrogen-bond donors (Lipinski definition) is 1. The predicted molar refractivity (Wildman–Crippen MR) is 103 cm³/mol. The summed E-state index contributed by atoms with van der Waals surface area (Å²) in [5.41, 5.74) is 1.46. The number of carbonyl (C=O) groups excluding carboxylic acids is 1. The molecule has 28 heavy (non-hydrogen) atoms. The van der Waals surface area contributed by atoms with Crippen molar-refractivity contribution in [3.63, 3.8) is 0 Å². The second kappa shape index (κ2) is 7.11. The number of benzene rings is 2. The zero-order valence-electron chi connectivity index (χ0n) is 15.6. The Kier molecular flexibility index (Phi) is 4.49. The Labute approximate surface area is 160 Å². The number of nitrogens with one attached hydrogen (secondary N) is 1. The normalized spacial score (nSPS) is 10.8. The van der Waals surface area contributed by atoms with Gasteiger partial charge in [-0.1, -0.05) is 18.2 Å². The molecule has 2 aromatic heterocycles. The quantitative estimate of drug-likeness (QED) is 0.509. The van der Waals surface area contributed by atoms with Gasteiger partial charge in [-0.15, -0.1) is 0 Å². The van der Waals surface area contributed by atoms with E-state index in [-0.39, 0.29) is 5.78 Å². The van der Waals surface area contributed by atoms with E-state index < -0.39 is 0 Å². The van der Waals surface area contributed by atoms with Crippen LogP contribution in [0.3, 0.4) is 0 Å². The minimum atomic E-state index is -0.255. The van der Waals surface area contributed by atoms with Crippen molar-refractivity contribution >= 4 is 16.8 Å². The van der Waals surface area contributed by atoms with Gasteiger partial charge in [0.25, 0.3) is 0 Å². The Balaban J connectivity index is 1.69. The van der Waals surface area contributed by atoms with Crippen molar-refractivity contribution in [2.24, 2.45) is 0 Å². The van der Waals surface area contributed by atoms with Crippen molar-refractivity contribution in [2.75, 3.05) is 21.3 Å². The third-order valence-electron chi connectivity index (χ3n) is 4.41. The predicted octanol–water partition coefficient (Wildman–Crippen LogP) is 4.08. The van der Waals surface area contributed by atoms with Crippen molar-refractivity contribution in [2.45, 2.75) is 0 Å². The van der Waals surface area contributed by atoms with Crippen molar-refractivity contribution in [1.82, 2.24) is 9.97 Å². The van der Waals surface area contributed by atoms with Crippen LogP contribution in [0.15, 0.2) is 53.1 Å². The number of nitrogens with zero attached hydrogens (tertiary/aromatic N) is 1. The average molecular weight is 378 g/mol. The highest BCUT2D eigenvalue weighted by molar-refractivity contribution is 6.08. The van der Waals surface area contributed by atoms with Gasteiger partial charge in [0.15, 0.2) is 23.1 Å². The third kappa shape index (κ3) is 2.96. The molecule has 0 spiro atoms. The maximum absolute atomic E-state index is 12.9. The summed E-state index contributed by atoms with van der Waals surface area (Å²) in [6, 6.07) is 12.7. The van der Waals surface area contributed by atoms with Crippen LogP contribution in [-0.2, 0) is 0 Å². The van der Waals surface area contributed by atoms with Crippen LogP contribution < -0.4 is 14.2 Å². The van der Waals surface area contributed by atoms with Crippen LogP contribution in [0.25, 0.3) is 22.6 Å². The molecule has 0 aliphatic rings. The van der Waals surface area contributed by atoms with Gasteiger partial charge < -0.3 is 23.6 Å². The lowest BCUT2D eigenvalue weighted by Crippen LogP contribution is -2.04. The van der Waals surface area contributed by atoms with E-state index in [0.29, 0.717) is 40.1 Å². The Morgan fingerprint density at radius 2 is 1.71 bits per heavy atom. The van der Waals surface area contributed by atoms with Crippen molar-refractivity contribution in [3.8, 4) is 28.8 Å². The van der Waals surface area contributed by atoms with Crippen LogP contribution >= 0.6 is 0 Å². The Morgan fingerprint density at radius 1 is 1.00 bits per heavy atom. The third-order valence-corrected chi connectivity index (χ3v) is 4.41. The summed E-state index contributed by atoms with van der Waals surface area (Å²) in [4.78, 5) is 20.3. The number of carbonyl (C=O) groups is 1. The highest BCUT2D eigenvalue weighted by Crippen LogP contribution is 2.38. The first-order valence-corrected chi connectivity index (χ1v) is 8.53. The minimum Gasteiger partial charge on any atom is -0.493 e. The number of aromatic nitrogens is 2. The Morgan fingerprint density at radius 3 is 2.36 bits per heavy atom. The van der Waals surface area contributed by atoms with Gasteiger partial charge in [-0.05, 0) is 24.3 Å². The molecule has 0 radical (unpaired) electrons. The van der Waals surface area contributed by atoms with E-state index >= 15 is 0 Å². The molecular formula is C21H18N2O5. The smallest absolute Gasteiger partial charge is 0.211 e. The van der Waals surface area contributed by atoms with E-state index in [0.717, 1.165) is 11.0 Å². The van der Waals surface area contributed by atoms with Gasteiger partial charge in [-0.2, -0.15) is 0 Å². The van der Waals surface area contributed by atoms with Crippen molar-refractivity contribution in [1.29, 1.82) is 0 Å². The van der Waals surface area contributed by atoms with E-state index in [4.69, 9.17) is 18.6 Å². The summed E-state index contributed by atoms with van der Waals surface area (Å²) in [6.07, 6.45) is 1.48. The molecule has 0 saturated carbocycles. The SMILES string of the molecule is COc1cc(C(=O)c2cnc(-c3cc4ccccc4o3)[nH]2)cc(OC)c1OC. The maximum atomic E-state index is 12.9. The van der Waals surface area contributed by atoms with Crippen LogP contribution in [0, 0.1) is 0 Å². The first-order chi connectivity index (χ1) is 13.6. The molecule has 1 N–H and O–H groups in total. The van der Waals surface area contributed by atoms with Crippen LogP contribution in [-0.4, -0.2) is 37.1 Å². The number of rotatable bonds is 6. The van der Waals surface area contributed by atoms with Gasteiger partial charge >= 0.3 is 0 Å². The largest absolute Gasteiger partial charge is 0.493 e. The number of imidazole rings is 1. The first kappa shape index (κ1) is 17.7. The summed E-state index contributed by atoms with van der Waals surface area (Å²) < 4.78 is 21.7. The Hall–Kier alpha value is -3.74. The number of ether oxygens (including phenoxy) is 3. The summed E-state index contributed by atoms with van der Waals surface area (Å²) >= 11 is 0. The average Bonchev–Trinajstić information content (AvgIpc) is 3.38. The number of aromatic amines is 1. The minimum absolute atomic E-state index is 0.255. The molecule has 0 unspecified atom stereocenters. The van der Waals surface area contributed by atoms with E-state index in [1.165, 1.54) is 27.5 Å². The lowest BCUT2D eigenvalue weighted by molar-refractivity contribution is 0.103. The number of para-hydroxylation sites is 1. The van der Waals surface area contributed by atoms with E-state index in [2.05, 4.69) is 9.97 Å². The molecule has 2 aromatic carbocycles. The Bertz CT molecular complexity index is 1100. The number of H-pyrrole nitrogens is 1. The molecule has 4 rings (SSSR count). The van der Waals surface area contributed by atoms with Gasteiger partial charge in [-0.3, -0.25) is 4.79 Å². The molecule has 0 saturated heterocycles. The fraction of sp³-hybridized carbons (Fsp3) is 0.143. The van der Waals surface area contributed by atoms with Crippen LogP contribution in [0.1, 0.15) is 16.1 Å². The zero-order chi connectivity index (χ0) is 19.7. The molecule has 0 bridgehead atoms. The molecule has 0 amide bonds. The molecule has 0 fully saturated rings. The van der Waals surface area contributed by atoms with E-state index in [1.54, 1.807) is 12.1 Å². The van der Waals surface area contributed by atoms with E-state index in [9.17, 15) is 4.79 Å². The summed E-state index contributed by atoms with van der Waals surface area (Å²) in [5, 5.41) is 0.964. The summed E-state index contributed by atoms with van der Waals surface area (Å²) in [6.45, 7) is 0. The zero-order valence-corrected chi connectivity index (χ0v) is 15.6.